The van der Waals surface area contributed by atoms with Crippen molar-refractivity contribution in [3.8, 4) is 0 Å². The SMILES string of the molecule is CNCCC(NC(=O)OC(C)(C)C)c1ccccc1. The molecule has 0 aromatic heterocycles. The minimum Gasteiger partial charge on any atom is -0.444 e. The van der Waals surface area contributed by atoms with Crippen molar-refractivity contribution in [3.63, 3.8) is 0 Å². The van der Waals surface area contributed by atoms with Crippen LogP contribution in [0.1, 0.15) is 38.8 Å². The first-order valence-electron chi connectivity index (χ1n) is 6.61. The zero-order valence-corrected chi connectivity index (χ0v) is 12.2. The average molecular weight is 264 g/mol. The predicted octanol–water partition coefficient (Wildman–Crippen LogP) is 2.86. The van der Waals surface area contributed by atoms with Crippen LogP contribution in [-0.4, -0.2) is 25.3 Å². The monoisotopic (exact) mass is 264 g/mol. The minimum atomic E-state index is -0.478. The lowest BCUT2D eigenvalue weighted by molar-refractivity contribution is 0.0501. The third-order valence-electron chi connectivity index (χ3n) is 2.58. The van der Waals surface area contributed by atoms with Crippen molar-refractivity contribution in [1.82, 2.24) is 10.6 Å². The molecule has 0 bridgehead atoms. The maximum Gasteiger partial charge on any atom is 0.408 e. The highest BCUT2D eigenvalue weighted by atomic mass is 16.6. The number of rotatable bonds is 5. The number of nitrogens with one attached hydrogen (secondary N) is 2. The highest BCUT2D eigenvalue weighted by Gasteiger charge is 2.20. The molecular formula is C15H24N2O2. The highest BCUT2D eigenvalue weighted by molar-refractivity contribution is 5.68. The minimum absolute atomic E-state index is 0.0384. The number of hydrogen-bond donors (Lipinski definition) is 2. The van der Waals surface area contributed by atoms with E-state index in [9.17, 15) is 4.79 Å². The third kappa shape index (κ3) is 6.25. The zero-order valence-electron chi connectivity index (χ0n) is 12.2. The molecule has 1 atom stereocenters. The fraction of sp³-hybridized carbons (Fsp3) is 0.533. The van der Waals surface area contributed by atoms with Crippen LogP contribution in [0.4, 0.5) is 4.79 Å². The summed E-state index contributed by atoms with van der Waals surface area (Å²) in [4.78, 5) is 11.9. The topological polar surface area (TPSA) is 50.4 Å². The van der Waals surface area contributed by atoms with Crippen LogP contribution in [0.2, 0.25) is 0 Å². The molecule has 0 fully saturated rings. The molecule has 1 rings (SSSR count). The first-order valence-corrected chi connectivity index (χ1v) is 6.61. The molecule has 106 valence electrons. The quantitative estimate of drug-likeness (QED) is 0.859. The molecule has 2 N–H and O–H groups in total. The largest absolute Gasteiger partial charge is 0.444 e. The Bertz CT molecular complexity index is 385. The van der Waals surface area contributed by atoms with Crippen molar-refractivity contribution in [2.75, 3.05) is 13.6 Å². The Morgan fingerprint density at radius 3 is 2.42 bits per heavy atom. The molecular weight excluding hydrogens is 240 g/mol. The molecule has 1 aromatic carbocycles. The van der Waals surface area contributed by atoms with Gasteiger partial charge in [-0.25, -0.2) is 4.79 Å². The molecule has 4 heteroatoms. The van der Waals surface area contributed by atoms with E-state index in [0.29, 0.717) is 0 Å². The number of carbonyl (C=O) groups excluding carboxylic acids is 1. The summed E-state index contributed by atoms with van der Waals surface area (Å²) in [6.45, 7) is 6.41. The van der Waals surface area contributed by atoms with E-state index in [0.717, 1.165) is 18.5 Å². The number of carbonyl (C=O) groups is 1. The van der Waals surface area contributed by atoms with Crippen LogP contribution in [0.3, 0.4) is 0 Å². The van der Waals surface area contributed by atoms with Crippen LogP contribution < -0.4 is 10.6 Å². The van der Waals surface area contributed by atoms with E-state index < -0.39 is 5.60 Å². The molecule has 0 saturated heterocycles. The van der Waals surface area contributed by atoms with E-state index in [2.05, 4.69) is 10.6 Å². The van der Waals surface area contributed by atoms with Crippen molar-refractivity contribution >= 4 is 6.09 Å². The normalized spacial score (nSPS) is 12.8. The van der Waals surface area contributed by atoms with E-state index in [-0.39, 0.29) is 12.1 Å². The van der Waals surface area contributed by atoms with Gasteiger partial charge in [-0.1, -0.05) is 30.3 Å². The highest BCUT2D eigenvalue weighted by Crippen LogP contribution is 2.17. The Labute approximate surface area is 115 Å². The van der Waals surface area contributed by atoms with Crippen molar-refractivity contribution in [2.45, 2.75) is 38.8 Å². The van der Waals surface area contributed by atoms with E-state index >= 15 is 0 Å². The van der Waals surface area contributed by atoms with E-state index in [1.807, 2.05) is 58.2 Å². The fourth-order valence-electron chi connectivity index (χ4n) is 1.75. The van der Waals surface area contributed by atoms with Gasteiger partial charge in [-0.2, -0.15) is 0 Å². The Morgan fingerprint density at radius 2 is 1.89 bits per heavy atom. The van der Waals surface area contributed by atoms with Gasteiger partial charge in [0, 0.05) is 0 Å². The molecule has 0 aliphatic heterocycles. The van der Waals surface area contributed by atoms with Gasteiger partial charge < -0.3 is 15.4 Å². The van der Waals surface area contributed by atoms with Crippen LogP contribution in [-0.2, 0) is 4.74 Å². The molecule has 4 nitrogen and oxygen atoms in total. The summed E-state index contributed by atoms with van der Waals surface area (Å²) in [6.07, 6.45) is 0.442. The number of alkyl carbamates (subject to hydrolysis) is 1. The van der Waals surface area contributed by atoms with Gasteiger partial charge in [0.15, 0.2) is 0 Å². The van der Waals surface area contributed by atoms with Crippen LogP contribution in [0.25, 0.3) is 0 Å². The summed E-state index contributed by atoms with van der Waals surface area (Å²) >= 11 is 0. The van der Waals surface area contributed by atoms with Gasteiger partial charge in [-0.3, -0.25) is 0 Å². The molecule has 1 amide bonds. The summed E-state index contributed by atoms with van der Waals surface area (Å²) in [6, 6.07) is 9.89. The summed E-state index contributed by atoms with van der Waals surface area (Å²) in [7, 11) is 1.90. The second-order valence-corrected chi connectivity index (χ2v) is 5.50. The first kappa shape index (κ1) is 15.5. The fourth-order valence-corrected chi connectivity index (χ4v) is 1.75. The smallest absolute Gasteiger partial charge is 0.408 e. The van der Waals surface area contributed by atoms with Gasteiger partial charge in [-0.05, 0) is 46.3 Å². The van der Waals surface area contributed by atoms with Gasteiger partial charge >= 0.3 is 6.09 Å². The third-order valence-corrected chi connectivity index (χ3v) is 2.58. The van der Waals surface area contributed by atoms with Crippen molar-refractivity contribution in [2.24, 2.45) is 0 Å². The van der Waals surface area contributed by atoms with Crippen LogP contribution in [0.15, 0.2) is 30.3 Å². The van der Waals surface area contributed by atoms with Crippen LogP contribution in [0, 0.1) is 0 Å². The molecule has 19 heavy (non-hydrogen) atoms. The summed E-state index contributed by atoms with van der Waals surface area (Å²) < 4.78 is 5.30. The lowest BCUT2D eigenvalue weighted by Gasteiger charge is -2.24. The van der Waals surface area contributed by atoms with Crippen LogP contribution >= 0.6 is 0 Å². The summed E-state index contributed by atoms with van der Waals surface area (Å²) in [5.41, 5.74) is 0.609. The predicted molar refractivity (Wildman–Crippen MR) is 77.1 cm³/mol. The Hall–Kier alpha value is -1.55. The molecule has 1 unspecified atom stereocenters. The lowest BCUT2D eigenvalue weighted by Crippen LogP contribution is -2.35. The molecule has 0 aliphatic carbocycles. The maximum absolute atomic E-state index is 11.9. The van der Waals surface area contributed by atoms with Crippen molar-refractivity contribution < 1.29 is 9.53 Å². The van der Waals surface area contributed by atoms with Gasteiger partial charge in [0.05, 0.1) is 6.04 Å². The number of hydrogen-bond acceptors (Lipinski definition) is 3. The van der Waals surface area contributed by atoms with Crippen molar-refractivity contribution in [1.29, 1.82) is 0 Å². The summed E-state index contributed by atoms with van der Waals surface area (Å²) in [5.74, 6) is 0. The Balaban J connectivity index is 2.67. The van der Waals surface area contributed by atoms with E-state index in [1.54, 1.807) is 0 Å². The second kappa shape index (κ2) is 7.14. The molecule has 1 aromatic rings. The van der Waals surface area contributed by atoms with Gasteiger partial charge in [0.2, 0.25) is 0 Å². The second-order valence-electron chi connectivity index (χ2n) is 5.50. The molecule has 0 radical (unpaired) electrons. The lowest BCUT2D eigenvalue weighted by atomic mass is 10.0. The number of benzene rings is 1. The molecule has 0 heterocycles. The molecule has 0 spiro atoms. The maximum atomic E-state index is 11.9. The number of amides is 1. The summed E-state index contributed by atoms with van der Waals surface area (Å²) in [5, 5.41) is 6.02. The zero-order chi connectivity index (χ0) is 14.3. The molecule has 0 saturated carbocycles. The van der Waals surface area contributed by atoms with Gasteiger partial charge in [0.25, 0.3) is 0 Å². The van der Waals surface area contributed by atoms with Crippen LogP contribution in [0.5, 0.6) is 0 Å². The van der Waals surface area contributed by atoms with Crippen molar-refractivity contribution in [3.05, 3.63) is 35.9 Å². The Kier molecular flexibility index (Phi) is 5.83. The average Bonchev–Trinajstić information content (AvgIpc) is 2.33. The van der Waals surface area contributed by atoms with Gasteiger partial charge in [-0.15, -0.1) is 0 Å². The van der Waals surface area contributed by atoms with Gasteiger partial charge in [0.1, 0.15) is 5.60 Å². The van der Waals surface area contributed by atoms with E-state index in [4.69, 9.17) is 4.74 Å². The Morgan fingerprint density at radius 1 is 1.26 bits per heavy atom. The number of ether oxygens (including phenoxy) is 1. The molecule has 0 aliphatic rings. The first-order chi connectivity index (χ1) is 8.92. The standard InChI is InChI=1S/C15H24N2O2/c1-15(2,3)19-14(18)17-13(10-11-16-4)12-8-6-5-7-9-12/h5-9,13,16H,10-11H2,1-4H3,(H,17,18). The van der Waals surface area contributed by atoms with E-state index in [1.165, 1.54) is 0 Å².